The van der Waals surface area contributed by atoms with E-state index >= 15 is 0 Å². The lowest BCUT2D eigenvalue weighted by Crippen LogP contribution is -2.73. The van der Waals surface area contributed by atoms with Crippen LogP contribution in [0.5, 0.6) is 0 Å². The molecule has 258 valence electrons. The highest BCUT2D eigenvalue weighted by atomic mass is 32.2. The Morgan fingerprint density at radius 2 is 2.00 bits per heavy atom. The third-order valence-corrected chi connectivity index (χ3v) is 13.3. The quantitative estimate of drug-likeness (QED) is 0.119. The van der Waals surface area contributed by atoms with E-state index in [9.17, 15) is 24.3 Å². The van der Waals surface area contributed by atoms with E-state index < -0.39 is 28.7 Å². The van der Waals surface area contributed by atoms with Crippen LogP contribution in [-0.2, 0) is 24.0 Å². The summed E-state index contributed by atoms with van der Waals surface area (Å²) < 4.78 is 7.04. The zero-order valence-corrected chi connectivity index (χ0v) is 29.5. The highest BCUT2D eigenvalue weighted by Gasteiger charge is 2.57. The fourth-order valence-corrected chi connectivity index (χ4v) is 10.4. The minimum atomic E-state index is -1.34. The Hall–Kier alpha value is -3.64. The highest BCUT2D eigenvalue weighted by molar-refractivity contribution is 8.04. The van der Waals surface area contributed by atoms with Crippen molar-refractivity contribution in [1.29, 1.82) is 0 Å². The number of nitrogens with zero attached hydrogens (tertiary/aromatic N) is 4. The first-order valence-electron chi connectivity index (χ1n) is 15.9. The minimum absolute atomic E-state index is 0.0481. The van der Waals surface area contributed by atoms with E-state index in [-0.39, 0.29) is 46.3 Å². The van der Waals surface area contributed by atoms with Crippen LogP contribution in [0.2, 0.25) is 0 Å². The van der Waals surface area contributed by atoms with E-state index in [1.165, 1.54) is 51.1 Å². The number of aliphatic carboxylic acids is 1. The first-order valence-corrected chi connectivity index (χ1v) is 19.5. The van der Waals surface area contributed by atoms with Gasteiger partial charge in [-0.2, -0.15) is 0 Å². The van der Waals surface area contributed by atoms with Gasteiger partial charge in [0.05, 0.1) is 17.4 Å². The monoisotopic (exact) mass is 742 g/mol. The number of thioether (sulfide) groups is 2. The molecule has 3 aromatic rings. The molecule has 1 saturated carbocycles. The zero-order chi connectivity index (χ0) is 34.1. The first-order chi connectivity index (χ1) is 23.7. The van der Waals surface area contributed by atoms with Gasteiger partial charge in [-0.05, 0) is 49.3 Å². The molecule has 17 heteroatoms. The summed E-state index contributed by atoms with van der Waals surface area (Å²) in [5.41, 5.74) is 5.60. The molecule has 4 fully saturated rings. The fourth-order valence-electron chi connectivity index (χ4n) is 6.26. The van der Waals surface area contributed by atoms with Crippen LogP contribution < -0.4 is 21.4 Å². The topological polar surface area (TPSA) is 177 Å². The third-order valence-electron chi connectivity index (χ3n) is 9.03. The van der Waals surface area contributed by atoms with Crippen LogP contribution in [0.1, 0.15) is 31.4 Å². The Balaban J connectivity index is 1.02. The second kappa shape index (κ2) is 14.3. The van der Waals surface area contributed by atoms with Crippen molar-refractivity contribution < 1.29 is 29.1 Å². The summed E-state index contributed by atoms with van der Waals surface area (Å²) in [5.74, 6) is -1.86. The molecule has 1 aromatic carbocycles. The number of fused-ring (bicyclic) bond motifs is 2. The van der Waals surface area contributed by atoms with E-state index in [1.807, 2.05) is 18.2 Å². The molecule has 4 N–H and O–H groups in total. The van der Waals surface area contributed by atoms with E-state index in [1.54, 1.807) is 22.9 Å². The normalized spacial score (nSPS) is 24.7. The number of carbonyl (C=O) groups excluding carboxylic acids is 2. The average Bonchev–Trinajstić information content (AvgIpc) is 3.79. The molecule has 2 unspecified atom stereocenters. The number of amides is 2. The van der Waals surface area contributed by atoms with Crippen molar-refractivity contribution in [3.8, 4) is 0 Å². The Kier molecular flexibility index (Phi) is 9.88. The molecule has 0 spiro atoms. The van der Waals surface area contributed by atoms with Crippen LogP contribution in [0.15, 0.2) is 55.3 Å². The van der Waals surface area contributed by atoms with Gasteiger partial charge in [0.2, 0.25) is 5.91 Å². The van der Waals surface area contributed by atoms with Crippen molar-refractivity contribution in [3.05, 3.63) is 57.0 Å². The molecular weight excluding hydrogens is 709 g/mol. The summed E-state index contributed by atoms with van der Waals surface area (Å²) in [6, 6.07) is 6.54. The Morgan fingerprint density at radius 1 is 1.20 bits per heavy atom. The number of hydrogen-bond acceptors (Lipinski definition) is 14. The van der Waals surface area contributed by atoms with Gasteiger partial charge in [0.1, 0.15) is 28.6 Å². The number of carboxylic acid groups (broad SMARTS) is 1. The number of hydrogen-bond donors (Lipinski definition) is 3. The van der Waals surface area contributed by atoms with Gasteiger partial charge in [0.15, 0.2) is 16.3 Å². The second-order valence-corrected chi connectivity index (χ2v) is 16.5. The summed E-state index contributed by atoms with van der Waals surface area (Å²) in [5, 5.41) is 21.0. The van der Waals surface area contributed by atoms with Crippen molar-refractivity contribution in [2.75, 3.05) is 49.2 Å². The maximum Gasteiger partial charge on any atom is 0.316 e. The lowest BCUT2D eigenvalue weighted by atomic mass is 9.87. The largest absolute Gasteiger partial charge is 0.481 e. The summed E-state index contributed by atoms with van der Waals surface area (Å²) in [7, 11) is 0. The molecule has 0 radical (unpaired) electrons. The van der Waals surface area contributed by atoms with Gasteiger partial charge in [0.25, 0.3) is 5.91 Å². The number of benzene rings is 1. The molecule has 0 bridgehead atoms. The lowest BCUT2D eigenvalue weighted by molar-refractivity contribution is -0.156. The van der Waals surface area contributed by atoms with Gasteiger partial charge in [-0.1, -0.05) is 23.0 Å². The number of nitrogens with two attached hydrogens (primary N) is 1. The van der Waals surface area contributed by atoms with Gasteiger partial charge >= 0.3 is 5.97 Å². The lowest BCUT2D eigenvalue weighted by Gasteiger charge is -2.53. The van der Waals surface area contributed by atoms with Gasteiger partial charge in [-0.3, -0.25) is 19.2 Å². The Bertz CT molecular complexity index is 1890. The van der Waals surface area contributed by atoms with Gasteiger partial charge < -0.3 is 35.5 Å². The van der Waals surface area contributed by atoms with Crippen LogP contribution in [-0.4, -0.2) is 94.6 Å². The van der Waals surface area contributed by atoms with Crippen LogP contribution in [0.25, 0.3) is 10.1 Å². The van der Waals surface area contributed by atoms with Crippen molar-refractivity contribution in [2.24, 2.45) is 10.6 Å². The fraction of sp³-hybridized carbons (Fsp3) is 0.438. The van der Waals surface area contributed by atoms with Crippen LogP contribution >= 0.6 is 46.2 Å². The van der Waals surface area contributed by atoms with Crippen molar-refractivity contribution >= 4 is 90.6 Å². The Labute approximate surface area is 297 Å². The zero-order valence-electron chi connectivity index (χ0n) is 26.2. The van der Waals surface area contributed by atoms with Crippen molar-refractivity contribution in [2.45, 2.75) is 47.4 Å². The molecule has 3 saturated heterocycles. The number of rotatable bonds is 10. The maximum atomic E-state index is 13.4. The molecular formula is C32H34N6O7S4. The molecule has 7 rings (SSSR count). The van der Waals surface area contributed by atoms with E-state index in [2.05, 4.69) is 20.4 Å². The number of thiazole rings is 1. The number of nitrogens with one attached hydrogen (secondary N) is 1. The maximum absolute atomic E-state index is 13.4. The summed E-state index contributed by atoms with van der Waals surface area (Å²) >= 11 is 5.21. The highest BCUT2D eigenvalue weighted by Crippen LogP contribution is 2.44. The third kappa shape index (κ3) is 7.04. The predicted octanol–water partition coefficient (Wildman–Crippen LogP) is 3.58. The van der Waals surface area contributed by atoms with Crippen LogP contribution in [0, 0.1) is 5.41 Å². The number of carbonyl (C=O) groups is 3. The van der Waals surface area contributed by atoms with E-state index in [4.69, 9.17) is 15.3 Å². The molecule has 2 aromatic heterocycles. The molecule has 5 heterocycles. The van der Waals surface area contributed by atoms with Crippen LogP contribution in [0.4, 0.5) is 10.8 Å². The number of morpholine rings is 1. The smallest absolute Gasteiger partial charge is 0.316 e. The second-order valence-electron chi connectivity index (χ2n) is 12.2. The summed E-state index contributed by atoms with van der Waals surface area (Å²) in [6.45, 7) is 2.84. The molecule has 13 nitrogen and oxygen atoms in total. The number of β-lactam (4-membered cyclic amide) rings is 1. The standard InChI is InChI=1S/C32H34N6O7S4/c33-31-34-21(15-47-31)25(36-45-19-3-1-2-4-19)27(40)35-26-28(41)38-16-32(30(42)43,17-48-29(26)38)7-12-46-24-14-22(39)20-6-5-18(13-23(20)49-24)37-8-10-44-11-9-37/h5-7,12-15,19,26,29H,1-4,8-11,16-17H2,(H2,33,34)(H,35,40)(H,42,43)/t26?,29-,32?/m1/s1. The minimum Gasteiger partial charge on any atom is -0.481 e. The van der Waals surface area contributed by atoms with Gasteiger partial charge in [-0.15, -0.1) is 34.4 Å². The molecule has 2 amide bonds. The number of oxime groups is 1. The van der Waals surface area contributed by atoms with Crippen molar-refractivity contribution in [1.82, 2.24) is 15.2 Å². The van der Waals surface area contributed by atoms with E-state index in [0.717, 1.165) is 53.4 Å². The van der Waals surface area contributed by atoms with Gasteiger partial charge in [-0.25, -0.2) is 4.98 Å². The molecule has 3 atom stereocenters. The predicted molar refractivity (Wildman–Crippen MR) is 192 cm³/mol. The molecule has 3 aliphatic heterocycles. The van der Waals surface area contributed by atoms with E-state index in [0.29, 0.717) is 18.6 Å². The average molecular weight is 743 g/mol. The molecule has 4 aliphatic rings. The number of aromatic nitrogens is 1. The van der Waals surface area contributed by atoms with Gasteiger partial charge in [0, 0.05) is 52.6 Å². The summed E-state index contributed by atoms with van der Waals surface area (Å²) in [6.07, 6.45) is 5.29. The summed E-state index contributed by atoms with van der Waals surface area (Å²) in [4.78, 5) is 65.8. The number of anilines is 2. The molecule has 49 heavy (non-hydrogen) atoms. The number of nitrogen functional groups attached to an aromatic ring is 1. The van der Waals surface area contributed by atoms with Crippen molar-refractivity contribution in [3.63, 3.8) is 0 Å². The Morgan fingerprint density at radius 3 is 2.73 bits per heavy atom. The SMILES string of the molecule is Nc1nc(C(=NOC2CCCC2)C(=O)NC2C(=O)N3CC(C=CSc4cc(=O)c5ccc(N6CCOCC6)cc5s4)(C(=O)O)CS[C@H]23)cs1. The molecule has 1 aliphatic carbocycles. The number of ether oxygens (including phenoxy) is 1. The first kappa shape index (κ1) is 33.8. The van der Waals surface area contributed by atoms with Crippen LogP contribution in [0.3, 0.4) is 0 Å². The number of carboxylic acids is 1.